The number of carbonyl (C=O) groups excluding carboxylic acids is 1. The van der Waals surface area contributed by atoms with Gasteiger partial charge in [-0.2, -0.15) is 0 Å². The molecule has 3 rings (SSSR count). The van der Waals surface area contributed by atoms with Crippen LogP contribution < -0.4 is 0 Å². The molecule has 7 nitrogen and oxygen atoms in total. The molecule has 0 bridgehead atoms. The molecule has 1 aromatic rings. The number of carbonyl (C=O) groups is 1. The molecule has 2 saturated heterocycles. The summed E-state index contributed by atoms with van der Waals surface area (Å²) >= 11 is 3.58. The summed E-state index contributed by atoms with van der Waals surface area (Å²) in [6, 6.07) is 7.34. The summed E-state index contributed by atoms with van der Waals surface area (Å²) in [7, 11) is 0. The van der Waals surface area contributed by atoms with Crippen molar-refractivity contribution in [3.05, 3.63) is 45.8 Å². The fraction of sp³-hybridized carbons (Fsp3) is 0.800. The predicted molar refractivity (Wildman–Crippen MR) is 179 cm³/mol. The third kappa shape index (κ3) is 11.8. The smallest absolute Gasteiger partial charge is 0.162 e. The van der Waals surface area contributed by atoms with Gasteiger partial charge in [0.2, 0.25) is 0 Å². The Labute approximate surface area is 270 Å². The van der Waals surface area contributed by atoms with E-state index in [0.29, 0.717) is 54.8 Å². The molecule has 4 unspecified atom stereocenters. The molecule has 0 amide bonds. The summed E-state index contributed by atoms with van der Waals surface area (Å²) in [6.45, 7) is 19.2. The minimum absolute atomic E-state index is 0.0770. The topological polar surface area (TPSA) is 93.5 Å². The maximum Gasteiger partial charge on any atom is 0.162 e. The Balaban J connectivity index is 0.000000448. The van der Waals surface area contributed by atoms with Gasteiger partial charge in [0.05, 0.1) is 18.8 Å². The number of ketones is 1. The number of azide groups is 1. The number of alkyl halides is 1. The zero-order valence-corrected chi connectivity index (χ0v) is 29.6. The fourth-order valence-electron chi connectivity index (χ4n) is 6.25. The number of hydrogen-bond donors (Lipinski definition) is 0. The number of rotatable bonds is 14. The minimum Gasteiger partial charge on any atom is -0.363 e. The molecule has 0 spiro atoms. The van der Waals surface area contributed by atoms with Crippen molar-refractivity contribution >= 4 is 21.7 Å². The van der Waals surface area contributed by atoms with E-state index in [9.17, 15) is 4.79 Å². The van der Waals surface area contributed by atoms with Crippen LogP contribution in [0.5, 0.6) is 0 Å². The molecule has 0 aliphatic carbocycles. The fourth-order valence-corrected chi connectivity index (χ4v) is 7.01. The van der Waals surface area contributed by atoms with Gasteiger partial charge in [-0.3, -0.25) is 4.79 Å². The molecule has 244 valence electrons. The summed E-state index contributed by atoms with van der Waals surface area (Å²) < 4.78 is 18.1. The molecule has 43 heavy (non-hydrogen) atoms. The second kappa shape index (κ2) is 19.8. The van der Waals surface area contributed by atoms with Crippen LogP contribution in [0.2, 0.25) is 0 Å². The molecule has 0 N–H and O–H groups in total. The average Bonchev–Trinajstić information content (AvgIpc) is 3.02. The molecule has 2 aliphatic rings. The van der Waals surface area contributed by atoms with Crippen molar-refractivity contribution in [1.82, 2.24) is 0 Å². The van der Waals surface area contributed by atoms with E-state index in [1.54, 1.807) is 0 Å². The molecule has 0 radical (unpaired) electrons. The van der Waals surface area contributed by atoms with Crippen molar-refractivity contribution in [2.75, 3.05) is 6.61 Å². The molecule has 10 atom stereocenters. The van der Waals surface area contributed by atoms with Crippen LogP contribution in [-0.4, -0.2) is 35.9 Å². The summed E-state index contributed by atoms with van der Waals surface area (Å²) in [5, 5.41) is 3.79. The van der Waals surface area contributed by atoms with Gasteiger partial charge in [0.25, 0.3) is 0 Å². The first-order chi connectivity index (χ1) is 20.5. The van der Waals surface area contributed by atoms with E-state index >= 15 is 0 Å². The van der Waals surface area contributed by atoms with Crippen molar-refractivity contribution in [3.8, 4) is 0 Å². The number of nitrogens with zero attached hydrogens (tertiary/aromatic N) is 3. The van der Waals surface area contributed by atoms with Crippen LogP contribution >= 0.6 is 15.9 Å². The van der Waals surface area contributed by atoms with Crippen LogP contribution in [0.1, 0.15) is 123 Å². The molecular formula is C35H58BrN3O4. The Bertz CT molecular complexity index is 979. The third-order valence-electron chi connectivity index (χ3n) is 10.2. The summed E-state index contributed by atoms with van der Waals surface area (Å²) in [6.07, 6.45) is 8.66. The maximum atomic E-state index is 12.3. The SMILES string of the molecule is CCC1O[C@@H](OCCCCCCCC(=O)c2ccc(CN=[N+]=[N-])cc2)C(C)[C@@H](C)[C@@H]1C.CCC1O[C@H](Br)C(C)[C@@H](C)[C@@H]1C. The van der Waals surface area contributed by atoms with E-state index in [0.717, 1.165) is 68.6 Å². The lowest BCUT2D eigenvalue weighted by Gasteiger charge is -2.43. The van der Waals surface area contributed by atoms with Crippen LogP contribution in [0.4, 0.5) is 0 Å². The Morgan fingerprint density at radius 3 is 1.98 bits per heavy atom. The van der Waals surface area contributed by atoms with Gasteiger partial charge in [0, 0.05) is 29.4 Å². The number of unbranched alkanes of at least 4 members (excludes halogenated alkanes) is 4. The molecule has 0 aromatic heterocycles. The zero-order chi connectivity index (χ0) is 31.9. The largest absolute Gasteiger partial charge is 0.363 e. The molecule has 2 heterocycles. The second-order valence-corrected chi connectivity index (χ2v) is 13.8. The average molecular weight is 665 g/mol. The molecule has 0 saturated carbocycles. The molecule has 1 aromatic carbocycles. The van der Waals surface area contributed by atoms with Gasteiger partial charge in [-0.15, -0.1) is 0 Å². The van der Waals surface area contributed by atoms with E-state index in [-0.39, 0.29) is 17.1 Å². The maximum absolute atomic E-state index is 12.3. The van der Waals surface area contributed by atoms with Gasteiger partial charge >= 0.3 is 0 Å². The van der Waals surface area contributed by atoms with E-state index in [1.807, 2.05) is 24.3 Å². The van der Waals surface area contributed by atoms with Crippen molar-refractivity contribution in [3.63, 3.8) is 0 Å². The van der Waals surface area contributed by atoms with Crippen molar-refractivity contribution < 1.29 is 19.0 Å². The van der Waals surface area contributed by atoms with Crippen LogP contribution in [0, 0.1) is 35.5 Å². The van der Waals surface area contributed by atoms with Crippen molar-refractivity contribution in [2.45, 2.75) is 137 Å². The molecule has 2 aliphatic heterocycles. The first-order valence-corrected chi connectivity index (χ1v) is 17.7. The lowest BCUT2D eigenvalue weighted by Crippen LogP contribution is -2.45. The highest BCUT2D eigenvalue weighted by Gasteiger charge is 2.39. The Morgan fingerprint density at radius 1 is 0.814 bits per heavy atom. The van der Waals surface area contributed by atoms with Crippen LogP contribution in [0.15, 0.2) is 29.4 Å². The number of halogens is 1. The highest BCUT2D eigenvalue weighted by molar-refractivity contribution is 9.09. The molecule has 8 heteroatoms. The zero-order valence-electron chi connectivity index (χ0n) is 28.0. The monoisotopic (exact) mass is 663 g/mol. The van der Waals surface area contributed by atoms with E-state index in [2.05, 4.69) is 81.3 Å². The van der Waals surface area contributed by atoms with Gasteiger partial charge in [0.1, 0.15) is 5.01 Å². The predicted octanol–water partition coefficient (Wildman–Crippen LogP) is 10.5. The number of hydrogen-bond acceptors (Lipinski definition) is 5. The summed E-state index contributed by atoms with van der Waals surface area (Å²) in [5.74, 6) is 3.88. The standard InChI is InChI=1S/C25H39N3O3.C10H19BrO/c1-5-24-19(3)18(2)20(4)25(31-24)30-16-10-8-6-7-9-11-23(29)22-14-12-21(13-15-22)17-27-28-26;1-5-9-7(3)6(2)8(4)10(11)12-9/h12-15,18-20,24-25H,5-11,16-17H2,1-4H3;6-10H,5H2,1-4H3/t18-,19-,20?,24?,25+;6-,7-,8?,9?,10-/m00/s1. The molecule has 2 fully saturated rings. The van der Waals surface area contributed by atoms with Crippen LogP contribution in [0.3, 0.4) is 0 Å². The van der Waals surface area contributed by atoms with Gasteiger partial charge < -0.3 is 14.2 Å². The minimum atomic E-state index is -0.0770. The van der Waals surface area contributed by atoms with Gasteiger partial charge in [-0.1, -0.05) is 120 Å². The summed E-state index contributed by atoms with van der Waals surface area (Å²) in [5.41, 5.74) is 10.0. The Morgan fingerprint density at radius 2 is 1.37 bits per heavy atom. The van der Waals surface area contributed by atoms with Crippen LogP contribution in [0.25, 0.3) is 10.4 Å². The lowest BCUT2D eigenvalue weighted by atomic mass is 9.78. The normalized spacial score (nSPS) is 32.3. The van der Waals surface area contributed by atoms with Gasteiger partial charge in [-0.05, 0) is 66.4 Å². The second-order valence-electron chi connectivity index (χ2n) is 12.9. The van der Waals surface area contributed by atoms with Gasteiger partial charge in [-0.25, -0.2) is 0 Å². The summed E-state index contributed by atoms with van der Waals surface area (Å²) in [4.78, 5) is 15.0. The first-order valence-electron chi connectivity index (χ1n) is 16.7. The van der Waals surface area contributed by atoms with Gasteiger partial charge in [0.15, 0.2) is 12.1 Å². The highest BCUT2D eigenvalue weighted by atomic mass is 79.9. The Kier molecular flexibility index (Phi) is 17.4. The van der Waals surface area contributed by atoms with E-state index in [4.69, 9.17) is 19.7 Å². The van der Waals surface area contributed by atoms with Crippen molar-refractivity contribution in [2.24, 2.45) is 40.6 Å². The Hall–Kier alpha value is -1.44. The number of benzene rings is 1. The number of Topliss-reactive ketones (excluding diaryl/α,β-unsaturated/α-hetero) is 1. The number of ether oxygens (including phenoxy) is 3. The first kappa shape index (κ1) is 37.7. The van der Waals surface area contributed by atoms with Crippen molar-refractivity contribution in [1.29, 1.82) is 0 Å². The molecular weight excluding hydrogens is 606 g/mol. The lowest BCUT2D eigenvalue weighted by molar-refractivity contribution is -0.248. The van der Waals surface area contributed by atoms with E-state index in [1.165, 1.54) is 0 Å². The quantitative estimate of drug-likeness (QED) is 0.0494. The van der Waals surface area contributed by atoms with Crippen LogP contribution in [-0.2, 0) is 20.8 Å². The highest BCUT2D eigenvalue weighted by Crippen LogP contribution is 2.38. The van der Waals surface area contributed by atoms with E-state index < -0.39 is 0 Å². The third-order valence-corrected chi connectivity index (χ3v) is 11.2.